The summed E-state index contributed by atoms with van der Waals surface area (Å²) in [6.45, 7) is 1.66. The molecule has 152 valence electrons. The van der Waals surface area contributed by atoms with E-state index in [-0.39, 0.29) is 30.9 Å². The molecular weight excluding hydrogens is 364 g/mol. The smallest absolute Gasteiger partial charge is 0.126 e. The number of aliphatic hydroxyl groups is 2. The number of quaternary nitrogens is 1. The fourth-order valence-corrected chi connectivity index (χ4v) is 3.87. The summed E-state index contributed by atoms with van der Waals surface area (Å²) in [5, 5.41) is 20.0. The van der Waals surface area contributed by atoms with Crippen molar-refractivity contribution < 1.29 is 28.6 Å². The Kier molecular flexibility index (Phi) is 7.50. The van der Waals surface area contributed by atoms with Gasteiger partial charge in [0, 0.05) is 6.42 Å². The highest BCUT2D eigenvalue weighted by Gasteiger charge is 2.28. The van der Waals surface area contributed by atoms with Gasteiger partial charge in [0.05, 0.1) is 19.8 Å². The Morgan fingerprint density at radius 3 is 2.07 bits per heavy atom. The quantitative estimate of drug-likeness (QED) is 0.643. The minimum atomic E-state index is -0.689. The van der Waals surface area contributed by atoms with Gasteiger partial charge in [0.2, 0.25) is 0 Å². The standard InChI is InChI=1S/C22H27F2NO3/c23-18-8-4-16(5-9-18)22(17-6-10-19(24)11-7-17)28-15-21(27)13-25-12-2-1-3-20(25)14-26/h4-11,20-22,26-27H,1-3,12-15H2/p+1/t20-,21+/m0/s1. The van der Waals surface area contributed by atoms with Gasteiger partial charge < -0.3 is 19.8 Å². The number of hydrogen-bond donors (Lipinski definition) is 3. The third-order valence-corrected chi connectivity index (χ3v) is 5.40. The molecular formula is C22H28F2NO3+. The molecule has 1 saturated heterocycles. The fourth-order valence-electron chi connectivity index (χ4n) is 3.87. The zero-order valence-electron chi connectivity index (χ0n) is 15.9. The van der Waals surface area contributed by atoms with Gasteiger partial charge in [-0.25, -0.2) is 8.78 Å². The first-order chi connectivity index (χ1) is 13.6. The van der Waals surface area contributed by atoms with E-state index in [4.69, 9.17) is 4.74 Å². The first kappa shape index (κ1) is 20.9. The van der Waals surface area contributed by atoms with Gasteiger partial charge in [-0.05, 0) is 48.2 Å². The zero-order valence-corrected chi connectivity index (χ0v) is 15.9. The van der Waals surface area contributed by atoms with Gasteiger partial charge in [-0.2, -0.15) is 0 Å². The van der Waals surface area contributed by atoms with E-state index >= 15 is 0 Å². The lowest BCUT2D eigenvalue weighted by Gasteiger charge is -2.33. The number of likely N-dealkylation sites (tertiary alicyclic amines) is 1. The summed E-state index contributed by atoms with van der Waals surface area (Å²) >= 11 is 0. The van der Waals surface area contributed by atoms with Gasteiger partial charge in [-0.15, -0.1) is 0 Å². The minimum Gasteiger partial charge on any atom is -0.390 e. The van der Waals surface area contributed by atoms with Gasteiger partial charge in [-0.1, -0.05) is 24.3 Å². The summed E-state index contributed by atoms with van der Waals surface area (Å²) in [6.07, 6.45) is 1.95. The fraction of sp³-hybridized carbons (Fsp3) is 0.455. The Hall–Kier alpha value is -1.86. The van der Waals surface area contributed by atoms with Crippen LogP contribution in [0.2, 0.25) is 0 Å². The van der Waals surface area contributed by atoms with Crippen LogP contribution in [0.1, 0.15) is 36.5 Å². The van der Waals surface area contributed by atoms with Crippen LogP contribution in [0.4, 0.5) is 8.78 Å². The van der Waals surface area contributed by atoms with E-state index < -0.39 is 12.2 Å². The van der Waals surface area contributed by atoms with Gasteiger partial charge in [0.25, 0.3) is 0 Å². The number of halogens is 2. The highest BCUT2D eigenvalue weighted by atomic mass is 19.1. The lowest BCUT2D eigenvalue weighted by Crippen LogP contribution is -3.18. The molecule has 0 radical (unpaired) electrons. The Balaban J connectivity index is 1.67. The predicted octanol–water partition coefficient (Wildman–Crippen LogP) is 1.86. The maximum Gasteiger partial charge on any atom is 0.126 e. The summed E-state index contributed by atoms with van der Waals surface area (Å²) in [5.41, 5.74) is 1.47. The average molecular weight is 392 g/mol. The van der Waals surface area contributed by atoms with E-state index in [2.05, 4.69) is 0 Å². The van der Waals surface area contributed by atoms with Crippen LogP contribution in [-0.2, 0) is 4.74 Å². The van der Waals surface area contributed by atoms with Gasteiger partial charge in [0.15, 0.2) is 0 Å². The van der Waals surface area contributed by atoms with Crippen LogP contribution in [0.25, 0.3) is 0 Å². The molecule has 0 aliphatic carbocycles. The summed E-state index contributed by atoms with van der Waals surface area (Å²) in [6, 6.07) is 12.1. The van der Waals surface area contributed by atoms with Gasteiger partial charge in [0.1, 0.15) is 36.4 Å². The van der Waals surface area contributed by atoms with Gasteiger partial charge in [-0.3, -0.25) is 0 Å². The van der Waals surface area contributed by atoms with Crippen molar-refractivity contribution >= 4 is 0 Å². The molecule has 3 N–H and O–H groups in total. The molecule has 28 heavy (non-hydrogen) atoms. The lowest BCUT2D eigenvalue weighted by atomic mass is 10.0. The molecule has 1 aliphatic rings. The molecule has 0 amide bonds. The second-order valence-corrected chi connectivity index (χ2v) is 7.46. The normalized spacial score (nSPS) is 21.0. The van der Waals surface area contributed by atoms with E-state index in [1.807, 2.05) is 0 Å². The predicted molar refractivity (Wildman–Crippen MR) is 102 cm³/mol. The van der Waals surface area contributed by atoms with Crippen molar-refractivity contribution in [3.8, 4) is 0 Å². The molecule has 1 heterocycles. The number of rotatable bonds is 8. The van der Waals surface area contributed by atoms with Crippen LogP contribution in [0, 0.1) is 11.6 Å². The number of hydrogen-bond acceptors (Lipinski definition) is 3. The van der Waals surface area contributed by atoms with Crippen LogP contribution in [0.3, 0.4) is 0 Å². The Labute approximate surface area is 164 Å². The van der Waals surface area contributed by atoms with Crippen LogP contribution >= 0.6 is 0 Å². The maximum absolute atomic E-state index is 13.3. The first-order valence-corrected chi connectivity index (χ1v) is 9.83. The Morgan fingerprint density at radius 2 is 1.54 bits per heavy atom. The molecule has 1 aliphatic heterocycles. The zero-order chi connectivity index (χ0) is 19.9. The maximum atomic E-state index is 13.3. The van der Waals surface area contributed by atoms with Gasteiger partial charge >= 0.3 is 0 Å². The third kappa shape index (κ3) is 5.58. The second-order valence-electron chi connectivity index (χ2n) is 7.46. The van der Waals surface area contributed by atoms with Crippen molar-refractivity contribution in [3.63, 3.8) is 0 Å². The topological polar surface area (TPSA) is 54.1 Å². The molecule has 0 spiro atoms. The van der Waals surface area contributed by atoms with Crippen LogP contribution in [0.15, 0.2) is 48.5 Å². The highest BCUT2D eigenvalue weighted by molar-refractivity contribution is 5.30. The molecule has 6 heteroatoms. The summed E-state index contributed by atoms with van der Waals surface area (Å²) in [7, 11) is 0. The largest absolute Gasteiger partial charge is 0.390 e. The molecule has 1 unspecified atom stereocenters. The number of piperidine rings is 1. The van der Waals surface area contributed by atoms with Crippen molar-refractivity contribution in [1.29, 1.82) is 0 Å². The molecule has 1 fully saturated rings. The van der Waals surface area contributed by atoms with E-state index in [9.17, 15) is 19.0 Å². The van der Waals surface area contributed by atoms with Crippen molar-refractivity contribution in [2.75, 3.05) is 26.3 Å². The molecule has 0 aromatic heterocycles. The van der Waals surface area contributed by atoms with Crippen LogP contribution in [-0.4, -0.2) is 48.7 Å². The highest BCUT2D eigenvalue weighted by Crippen LogP contribution is 2.26. The van der Waals surface area contributed by atoms with Crippen LogP contribution < -0.4 is 4.90 Å². The first-order valence-electron chi connectivity index (χ1n) is 9.83. The van der Waals surface area contributed by atoms with E-state index in [1.54, 1.807) is 24.3 Å². The molecule has 4 nitrogen and oxygen atoms in total. The van der Waals surface area contributed by atoms with E-state index in [0.29, 0.717) is 6.54 Å². The number of aliphatic hydroxyl groups excluding tert-OH is 2. The molecule has 3 rings (SSSR count). The number of benzene rings is 2. The summed E-state index contributed by atoms with van der Waals surface area (Å²) in [5.74, 6) is -0.684. The minimum absolute atomic E-state index is 0.0983. The molecule has 0 bridgehead atoms. The number of nitrogens with one attached hydrogen (secondary N) is 1. The van der Waals surface area contributed by atoms with Crippen molar-refractivity contribution in [2.24, 2.45) is 0 Å². The Morgan fingerprint density at radius 1 is 0.964 bits per heavy atom. The SMILES string of the molecule is OC[C@@H]1CCCC[NH+]1C[C@@H](O)COC(c1ccc(F)cc1)c1ccc(F)cc1. The average Bonchev–Trinajstić information content (AvgIpc) is 2.71. The Bertz CT molecular complexity index is 678. The summed E-state index contributed by atoms with van der Waals surface area (Å²) < 4.78 is 32.6. The van der Waals surface area contributed by atoms with E-state index in [1.165, 1.54) is 29.2 Å². The van der Waals surface area contributed by atoms with Crippen molar-refractivity contribution in [1.82, 2.24) is 0 Å². The number of ether oxygens (including phenoxy) is 1. The molecule has 2 aromatic carbocycles. The van der Waals surface area contributed by atoms with Crippen LogP contribution in [0.5, 0.6) is 0 Å². The molecule has 2 aromatic rings. The lowest BCUT2D eigenvalue weighted by molar-refractivity contribution is -0.934. The molecule has 0 saturated carbocycles. The monoisotopic (exact) mass is 392 g/mol. The van der Waals surface area contributed by atoms with E-state index in [0.717, 1.165) is 36.9 Å². The third-order valence-electron chi connectivity index (χ3n) is 5.40. The summed E-state index contributed by atoms with van der Waals surface area (Å²) in [4.78, 5) is 1.20. The molecule has 3 atom stereocenters. The van der Waals surface area contributed by atoms with Crippen molar-refractivity contribution in [2.45, 2.75) is 37.5 Å². The van der Waals surface area contributed by atoms with Crippen molar-refractivity contribution in [3.05, 3.63) is 71.3 Å². The second kappa shape index (κ2) is 10.1.